The van der Waals surface area contributed by atoms with Gasteiger partial charge in [0.25, 0.3) is 11.8 Å². The number of carbonyl (C=O) groups excluding carboxylic acids is 2. The van der Waals surface area contributed by atoms with Crippen LogP contribution in [0.15, 0.2) is 63.4 Å². The number of benzene rings is 2. The van der Waals surface area contributed by atoms with Crippen molar-refractivity contribution in [2.75, 3.05) is 11.5 Å². The quantitative estimate of drug-likeness (QED) is 0.489. The monoisotopic (exact) mass is 486 g/mol. The molecule has 3 aromatic rings. The van der Waals surface area contributed by atoms with Gasteiger partial charge in [-0.15, -0.1) is 0 Å². The number of rotatable bonds is 6. The number of carbonyl (C=O) groups is 2. The van der Waals surface area contributed by atoms with Gasteiger partial charge in [-0.05, 0) is 43.3 Å². The summed E-state index contributed by atoms with van der Waals surface area (Å²) in [6, 6.07) is 8.99. The topological polar surface area (TPSA) is 113 Å². The van der Waals surface area contributed by atoms with E-state index in [2.05, 4.69) is 20.5 Å². The van der Waals surface area contributed by atoms with Gasteiger partial charge in [0.15, 0.2) is 12.1 Å². The zero-order valence-electron chi connectivity index (χ0n) is 18.1. The first kappa shape index (κ1) is 22.5. The minimum Gasteiger partial charge on any atom is -0.494 e. The molecule has 0 radical (unpaired) electrons. The number of alkyl halides is 3. The van der Waals surface area contributed by atoms with E-state index in [0.29, 0.717) is 18.0 Å². The van der Waals surface area contributed by atoms with Gasteiger partial charge in [-0.1, -0.05) is 22.5 Å². The first-order valence-electron chi connectivity index (χ1n) is 10.5. The first-order chi connectivity index (χ1) is 16.8. The number of ether oxygens (including phenoxy) is 1. The molecule has 2 aliphatic heterocycles. The van der Waals surface area contributed by atoms with Gasteiger partial charge in [0.05, 0.1) is 17.9 Å². The van der Waals surface area contributed by atoms with Crippen LogP contribution in [0.5, 0.6) is 5.75 Å². The first-order valence-corrected chi connectivity index (χ1v) is 10.5. The highest BCUT2D eigenvalue weighted by Crippen LogP contribution is 2.34. The fourth-order valence-corrected chi connectivity index (χ4v) is 3.88. The second kappa shape index (κ2) is 8.49. The van der Waals surface area contributed by atoms with E-state index in [1.54, 1.807) is 24.3 Å². The zero-order chi connectivity index (χ0) is 24.7. The molecule has 1 aromatic heterocycles. The van der Waals surface area contributed by atoms with E-state index in [4.69, 9.17) is 9.26 Å². The molecule has 10 nitrogen and oxygen atoms in total. The molecule has 2 aromatic carbocycles. The molecule has 13 heteroatoms. The fraction of sp³-hybridized carbons (Fsp3) is 0.273. The lowest BCUT2D eigenvalue weighted by atomic mass is 10.1. The number of aromatic nitrogens is 2. The van der Waals surface area contributed by atoms with Crippen LogP contribution in [0.3, 0.4) is 0 Å². The Labute approximate surface area is 196 Å². The number of halogens is 3. The van der Waals surface area contributed by atoms with Crippen molar-refractivity contribution in [1.29, 1.82) is 0 Å². The molecule has 2 aliphatic rings. The molecule has 0 N–H and O–H groups in total. The Balaban J connectivity index is 1.33. The van der Waals surface area contributed by atoms with Gasteiger partial charge < -0.3 is 9.26 Å². The van der Waals surface area contributed by atoms with Crippen LogP contribution < -0.4 is 9.64 Å². The summed E-state index contributed by atoms with van der Waals surface area (Å²) in [6.45, 7) is 2.16. The Morgan fingerprint density at radius 2 is 1.86 bits per heavy atom. The summed E-state index contributed by atoms with van der Waals surface area (Å²) in [5, 5.41) is 12.8. The molecule has 0 spiro atoms. The van der Waals surface area contributed by atoms with Crippen LogP contribution in [0.1, 0.15) is 18.4 Å². The standard InChI is InChI=1S/C22H17F3N6O4/c1-2-34-15-8-6-14(7-9-15)31-20(32)17-18(21(31)33)30(29-27-17)11-16-26-19(28-35-16)12-4-3-5-13(10-12)22(23,24)25/h3-10,17-18H,2,11H2,1H3/t17-,18+/m0/s1. The second-order valence-electron chi connectivity index (χ2n) is 7.72. The van der Waals surface area contributed by atoms with Crippen LogP contribution in [0, 0.1) is 0 Å². The predicted molar refractivity (Wildman–Crippen MR) is 113 cm³/mol. The lowest BCUT2D eigenvalue weighted by molar-refractivity contribution is -0.137. The number of fused-ring (bicyclic) bond motifs is 1. The molecule has 0 unspecified atom stereocenters. The molecule has 2 atom stereocenters. The molecule has 0 bridgehead atoms. The summed E-state index contributed by atoms with van der Waals surface area (Å²) in [5.41, 5.74) is -0.357. The van der Waals surface area contributed by atoms with Crippen molar-refractivity contribution in [1.82, 2.24) is 15.1 Å². The number of amides is 2. The number of anilines is 1. The normalized spacial score (nSPS) is 19.5. The highest BCUT2D eigenvalue weighted by atomic mass is 19.4. The minimum atomic E-state index is -4.52. The summed E-state index contributed by atoms with van der Waals surface area (Å²) in [4.78, 5) is 31.1. The highest BCUT2D eigenvalue weighted by Gasteiger charge is 2.55. The Morgan fingerprint density at radius 1 is 1.09 bits per heavy atom. The number of imide groups is 1. The van der Waals surface area contributed by atoms with Crippen molar-refractivity contribution in [2.24, 2.45) is 10.3 Å². The lowest BCUT2D eigenvalue weighted by Gasteiger charge is -2.19. The van der Waals surface area contributed by atoms with E-state index < -0.39 is 35.6 Å². The third-order valence-corrected chi connectivity index (χ3v) is 5.48. The molecule has 1 fully saturated rings. The Kier molecular flexibility index (Phi) is 5.46. The SMILES string of the molecule is CCOc1ccc(N2C(=O)[C@H]3N=NN(Cc4nc(-c5cccc(C(F)(F)F)c5)no4)[C@H]3C2=O)cc1. The van der Waals surface area contributed by atoms with Gasteiger partial charge in [0.2, 0.25) is 11.7 Å². The average molecular weight is 486 g/mol. The molecule has 180 valence electrons. The molecule has 0 aliphatic carbocycles. The molecule has 2 amide bonds. The van der Waals surface area contributed by atoms with E-state index in [9.17, 15) is 22.8 Å². The van der Waals surface area contributed by atoms with E-state index >= 15 is 0 Å². The van der Waals surface area contributed by atoms with Crippen LogP contribution in [0.4, 0.5) is 18.9 Å². The summed E-state index contributed by atoms with van der Waals surface area (Å²) >= 11 is 0. The van der Waals surface area contributed by atoms with Gasteiger partial charge in [0.1, 0.15) is 12.3 Å². The van der Waals surface area contributed by atoms with E-state index in [0.717, 1.165) is 17.0 Å². The summed E-state index contributed by atoms with van der Waals surface area (Å²) in [7, 11) is 0. The molecule has 35 heavy (non-hydrogen) atoms. The largest absolute Gasteiger partial charge is 0.494 e. The van der Waals surface area contributed by atoms with Crippen LogP contribution in [0.25, 0.3) is 11.4 Å². The Morgan fingerprint density at radius 3 is 2.57 bits per heavy atom. The fourth-order valence-electron chi connectivity index (χ4n) is 3.88. The number of hydrogen-bond acceptors (Lipinski definition) is 9. The maximum Gasteiger partial charge on any atom is 0.416 e. The number of hydrogen-bond donors (Lipinski definition) is 0. The number of nitrogens with zero attached hydrogens (tertiary/aromatic N) is 6. The Bertz CT molecular complexity index is 1310. The van der Waals surface area contributed by atoms with E-state index in [1.807, 2.05) is 6.92 Å². The molecular formula is C22H17F3N6O4. The Hall–Kier alpha value is -4.29. The van der Waals surface area contributed by atoms with Gasteiger partial charge in [0, 0.05) is 5.56 Å². The van der Waals surface area contributed by atoms with Crippen molar-refractivity contribution in [3.8, 4) is 17.1 Å². The van der Waals surface area contributed by atoms with Crippen LogP contribution in [0.2, 0.25) is 0 Å². The third-order valence-electron chi connectivity index (χ3n) is 5.48. The highest BCUT2D eigenvalue weighted by molar-refractivity contribution is 6.25. The second-order valence-corrected chi connectivity index (χ2v) is 7.72. The van der Waals surface area contributed by atoms with Crippen LogP contribution in [-0.4, -0.2) is 45.7 Å². The smallest absolute Gasteiger partial charge is 0.416 e. The van der Waals surface area contributed by atoms with Gasteiger partial charge in [-0.3, -0.25) is 14.6 Å². The third kappa shape index (κ3) is 4.09. The van der Waals surface area contributed by atoms with Crippen molar-refractivity contribution in [3.05, 3.63) is 60.0 Å². The molecule has 1 saturated heterocycles. The van der Waals surface area contributed by atoms with Crippen molar-refractivity contribution in [3.63, 3.8) is 0 Å². The summed E-state index contributed by atoms with van der Waals surface area (Å²) < 4.78 is 49.5. The molecular weight excluding hydrogens is 469 g/mol. The van der Waals surface area contributed by atoms with E-state index in [-0.39, 0.29) is 23.8 Å². The van der Waals surface area contributed by atoms with Gasteiger partial charge in [-0.2, -0.15) is 23.3 Å². The summed E-state index contributed by atoms with van der Waals surface area (Å²) in [5.74, 6) is -0.498. The maximum absolute atomic E-state index is 13.1. The summed E-state index contributed by atoms with van der Waals surface area (Å²) in [6.07, 6.45) is -4.52. The van der Waals surface area contributed by atoms with Gasteiger partial charge >= 0.3 is 6.18 Å². The van der Waals surface area contributed by atoms with E-state index in [1.165, 1.54) is 17.1 Å². The van der Waals surface area contributed by atoms with Crippen molar-refractivity contribution < 1.29 is 32.0 Å². The van der Waals surface area contributed by atoms with Crippen LogP contribution >= 0.6 is 0 Å². The molecule has 3 heterocycles. The van der Waals surface area contributed by atoms with Crippen molar-refractivity contribution >= 4 is 17.5 Å². The molecule has 0 saturated carbocycles. The maximum atomic E-state index is 13.1. The van der Waals surface area contributed by atoms with Gasteiger partial charge in [-0.25, -0.2) is 4.90 Å². The van der Waals surface area contributed by atoms with Crippen LogP contribution in [-0.2, 0) is 22.3 Å². The average Bonchev–Trinajstić information content (AvgIpc) is 3.53. The van der Waals surface area contributed by atoms with Crippen molar-refractivity contribution in [2.45, 2.75) is 31.7 Å². The molecule has 5 rings (SSSR count). The zero-order valence-corrected chi connectivity index (χ0v) is 18.1. The predicted octanol–water partition coefficient (Wildman–Crippen LogP) is 3.65. The lowest BCUT2D eigenvalue weighted by Crippen LogP contribution is -2.39. The minimum absolute atomic E-state index is 0.00298.